The lowest BCUT2D eigenvalue weighted by atomic mass is 10.1. The van der Waals surface area contributed by atoms with Gasteiger partial charge in [-0.05, 0) is 18.2 Å². The normalized spacial score (nSPS) is 12.1. The zero-order valence-corrected chi connectivity index (χ0v) is 9.41. The van der Waals surface area contributed by atoms with E-state index >= 15 is 0 Å². The molecule has 0 radical (unpaired) electrons. The first-order valence-electron chi connectivity index (χ1n) is 5.48. The van der Waals surface area contributed by atoms with Crippen LogP contribution >= 0.6 is 0 Å². The van der Waals surface area contributed by atoms with Crippen molar-refractivity contribution in [2.45, 2.75) is 6.04 Å². The summed E-state index contributed by atoms with van der Waals surface area (Å²) in [4.78, 5) is 0. The molecule has 0 saturated heterocycles. The lowest BCUT2D eigenvalue weighted by molar-refractivity contribution is 0.287. The first-order valence-corrected chi connectivity index (χ1v) is 5.48. The molecule has 0 spiro atoms. The highest BCUT2D eigenvalue weighted by Gasteiger charge is 2.10. The number of ether oxygens (including phenoxy) is 1. The molecule has 0 heterocycles. The minimum Gasteiger partial charge on any atom is -0.508 e. The van der Waals surface area contributed by atoms with Crippen molar-refractivity contribution in [2.75, 3.05) is 6.61 Å². The average Bonchev–Trinajstić information content (AvgIpc) is 2.38. The van der Waals surface area contributed by atoms with Crippen LogP contribution < -0.4 is 10.5 Å². The van der Waals surface area contributed by atoms with Gasteiger partial charge in [-0.2, -0.15) is 0 Å². The van der Waals surface area contributed by atoms with E-state index in [4.69, 9.17) is 10.5 Å². The fourth-order valence-corrected chi connectivity index (χ4v) is 1.59. The maximum Gasteiger partial charge on any atom is 0.120 e. The first-order chi connectivity index (χ1) is 8.27. The van der Waals surface area contributed by atoms with Gasteiger partial charge < -0.3 is 15.6 Å². The molecule has 3 nitrogen and oxygen atoms in total. The Morgan fingerprint density at radius 1 is 1.00 bits per heavy atom. The van der Waals surface area contributed by atoms with Crippen LogP contribution in [-0.2, 0) is 0 Å². The highest BCUT2D eigenvalue weighted by atomic mass is 16.5. The van der Waals surface area contributed by atoms with Crippen molar-refractivity contribution in [2.24, 2.45) is 5.73 Å². The molecule has 88 valence electrons. The molecule has 2 aromatic rings. The van der Waals surface area contributed by atoms with E-state index in [0.29, 0.717) is 12.2 Å². The number of nitrogens with two attached hydrogens (primary N) is 1. The summed E-state index contributed by atoms with van der Waals surface area (Å²) in [5, 5.41) is 9.64. The van der Waals surface area contributed by atoms with Gasteiger partial charge in [0.05, 0.1) is 6.04 Å². The van der Waals surface area contributed by atoms with E-state index < -0.39 is 0 Å². The third kappa shape index (κ3) is 2.98. The van der Waals surface area contributed by atoms with Crippen LogP contribution in [0, 0.1) is 0 Å². The van der Waals surface area contributed by atoms with Gasteiger partial charge >= 0.3 is 0 Å². The predicted molar refractivity (Wildman–Crippen MR) is 67.0 cm³/mol. The fraction of sp³-hybridized carbons (Fsp3) is 0.143. The summed E-state index contributed by atoms with van der Waals surface area (Å²) in [6, 6.07) is 16.2. The van der Waals surface area contributed by atoms with Gasteiger partial charge in [-0.3, -0.25) is 0 Å². The monoisotopic (exact) mass is 229 g/mol. The largest absolute Gasteiger partial charge is 0.508 e. The number of hydrogen-bond donors (Lipinski definition) is 2. The average molecular weight is 229 g/mol. The van der Waals surface area contributed by atoms with Crippen molar-refractivity contribution in [3.05, 3.63) is 60.2 Å². The van der Waals surface area contributed by atoms with Crippen molar-refractivity contribution in [3.8, 4) is 11.5 Å². The minimum atomic E-state index is -0.337. The Labute approximate surface area is 100 Å². The molecule has 0 aliphatic rings. The van der Waals surface area contributed by atoms with E-state index in [9.17, 15) is 5.11 Å². The van der Waals surface area contributed by atoms with Gasteiger partial charge in [0.2, 0.25) is 0 Å². The summed E-state index contributed by atoms with van der Waals surface area (Å²) < 4.78 is 5.54. The molecule has 0 saturated carbocycles. The number of rotatable bonds is 4. The molecule has 0 amide bonds. The Hall–Kier alpha value is -2.00. The standard InChI is InChI=1S/C14H15NO2/c15-13(12-8-4-5-9-14(12)16)10-17-11-6-2-1-3-7-11/h1-9,13,16H,10,15H2. The Kier molecular flexibility index (Phi) is 3.62. The number of phenolic OH excluding ortho intramolecular Hbond substituents is 1. The Bertz CT molecular complexity index is 471. The maximum absolute atomic E-state index is 9.64. The van der Waals surface area contributed by atoms with Crippen molar-refractivity contribution in [1.29, 1.82) is 0 Å². The van der Waals surface area contributed by atoms with Gasteiger partial charge in [0.1, 0.15) is 18.1 Å². The molecular formula is C14H15NO2. The summed E-state index contributed by atoms with van der Waals surface area (Å²) in [5.74, 6) is 0.982. The third-order valence-electron chi connectivity index (χ3n) is 2.51. The molecule has 0 aliphatic heterocycles. The molecule has 0 fully saturated rings. The summed E-state index contributed by atoms with van der Waals surface area (Å²) >= 11 is 0. The summed E-state index contributed by atoms with van der Waals surface area (Å²) in [6.45, 7) is 0.335. The molecule has 1 unspecified atom stereocenters. The molecule has 1 atom stereocenters. The minimum absolute atomic E-state index is 0.205. The second-order valence-corrected chi connectivity index (χ2v) is 3.79. The van der Waals surface area contributed by atoms with E-state index in [2.05, 4.69) is 0 Å². The highest BCUT2D eigenvalue weighted by molar-refractivity contribution is 5.34. The number of hydrogen-bond acceptors (Lipinski definition) is 3. The van der Waals surface area contributed by atoms with Gasteiger partial charge in [0.15, 0.2) is 0 Å². The third-order valence-corrected chi connectivity index (χ3v) is 2.51. The quantitative estimate of drug-likeness (QED) is 0.846. The van der Waals surface area contributed by atoms with Gasteiger partial charge in [0.25, 0.3) is 0 Å². The van der Waals surface area contributed by atoms with E-state index in [-0.39, 0.29) is 11.8 Å². The van der Waals surface area contributed by atoms with E-state index in [0.717, 1.165) is 5.75 Å². The van der Waals surface area contributed by atoms with Gasteiger partial charge in [-0.15, -0.1) is 0 Å². The topological polar surface area (TPSA) is 55.5 Å². The van der Waals surface area contributed by atoms with Crippen molar-refractivity contribution < 1.29 is 9.84 Å². The second-order valence-electron chi connectivity index (χ2n) is 3.79. The molecule has 17 heavy (non-hydrogen) atoms. The summed E-state index contributed by atoms with van der Waals surface area (Å²) in [6.07, 6.45) is 0. The van der Waals surface area contributed by atoms with Crippen LogP contribution in [0.4, 0.5) is 0 Å². The lowest BCUT2D eigenvalue weighted by Crippen LogP contribution is -2.19. The van der Waals surface area contributed by atoms with Crippen LogP contribution in [0.2, 0.25) is 0 Å². The Morgan fingerprint density at radius 3 is 2.35 bits per heavy atom. The van der Waals surface area contributed by atoms with Gasteiger partial charge in [0, 0.05) is 5.56 Å². The van der Waals surface area contributed by atoms with Crippen LogP contribution in [0.15, 0.2) is 54.6 Å². The molecule has 3 heteroatoms. The molecule has 0 bridgehead atoms. The molecule has 2 aromatic carbocycles. The number of para-hydroxylation sites is 2. The van der Waals surface area contributed by atoms with Crippen molar-refractivity contribution in [3.63, 3.8) is 0 Å². The number of phenols is 1. The summed E-state index contributed by atoms with van der Waals surface area (Å²) in [7, 11) is 0. The van der Waals surface area contributed by atoms with Crippen LogP contribution in [0.25, 0.3) is 0 Å². The van der Waals surface area contributed by atoms with Crippen molar-refractivity contribution in [1.82, 2.24) is 0 Å². The highest BCUT2D eigenvalue weighted by Crippen LogP contribution is 2.22. The van der Waals surface area contributed by atoms with Gasteiger partial charge in [-0.25, -0.2) is 0 Å². The smallest absolute Gasteiger partial charge is 0.120 e. The lowest BCUT2D eigenvalue weighted by Gasteiger charge is -2.14. The van der Waals surface area contributed by atoms with E-state index in [1.807, 2.05) is 36.4 Å². The molecule has 0 aliphatic carbocycles. The van der Waals surface area contributed by atoms with Crippen LogP contribution in [0.1, 0.15) is 11.6 Å². The predicted octanol–water partition coefficient (Wildman–Crippen LogP) is 2.47. The zero-order chi connectivity index (χ0) is 12.1. The van der Waals surface area contributed by atoms with E-state index in [1.54, 1.807) is 18.2 Å². The number of aromatic hydroxyl groups is 1. The SMILES string of the molecule is NC(COc1ccccc1)c1ccccc1O. The van der Waals surface area contributed by atoms with E-state index in [1.165, 1.54) is 0 Å². The van der Waals surface area contributed by atoms with Crippen LogP contribution in [0.3, 0.4) is 0 Å². The van der Waals surface area contributed by atoms with Crippen LogP contribution in [-0.4, -0.2) is 11.7 Å². The Balaban J connectivity index is 1.99. The second kappa shape index (κ2) is 5.37. The van der Waals surface area contributed by atoms with Crippen LogP contribution in [0.5, 0.6) is 11.5 Å². The molecule has 2 rings (SSSR count). The van der Waals surface area contributed by atoms with Crippen molar-refractivity contribution >= 4 is 0 Å². The maximum atomic E-state index is 9.64. The zero-order valence-electron chi connectivity index (χ0n) is 9.41. The molecule has 0 aromatic heterocycles. The molecule has 3 N–H and O–H groups in total. The fourth-order valence-electron chi connectivity index (χ4n) is 1.59. The Morgan fingerprint density at radius 2 is 1.65 bits per heavy atom. The number of benzene rings is 2. The van der Waals surface area contributed by atoms with Gasteiger partial charge in [-0.1, -0.05) is 36.4 Å². The first kappa shape index (κ1) is 11.5. The summed E-state index contributed by atoms with van der Waals surface area (Å²) in [5.41, 5.74) is 6.66. The molecular weight excluding hydrogens is 214 g/mol.